The number of rotatable bonds is 14. The van der Waals surface area contributed by atoms with E-state index in [1.807, 2.05) is 45.9 Å². The number of anilines is 1. The van der Waals surface area contributed by atoms with E-state index in [9.17, 15) is 22.8 Å². The molecule has 0 aromatic heterocycles. The molecule has 0 aliphatic carbocycles. The second-order valence-electron chi connectivity index (χ2n) is 9.32. The fourth-order valence-electron chi connectivity index (χ4n) is 3.94. The summed E-state index contributed by atoms with van der Waals surface area (Å²) in [5.74, 6) is 0. The number of ether oxygens (including phenoxy) is 2. The molecule has 1 aromatic carbocycles. The first kappa shape index (κ1) is 43.6. The Labute approximate surface area is 267 Å². The van der Waals surface area contributed by atoms with Gasteiger partial charge in [-0.25, -0.2) is 4.79 Å². The average molecular weight is 640 g/mol. The van der Waals surface area contributed by atoms with Gasteiger partial charge in [-0.3, -0.25) is 14.7 Å². The molecule has 2 N–H and O–H groups in total. The highest BCUT2D eigenvalue weighted by Crippen LogP contribution is 2.33. The van der Waals surface area contributed by atoms with Gasteiger partial charge in [0.1, 0.15) is 17.6 Å². The number of nitrogens with zero attached hydrogens (tertiary/aromatic N) is 2. The molecule has 254 valence electrons. The molecular formula is C34H52F3N3O5. The van der Waals surface area contributed by atoms with Crippen molar-refractivity contribution in [3.63, 3.8) is 0 Å². The van der Waals surface area contributed by atoms with Gasteiger partial charge in [-0.2, -0.15) is 13.2 Å². The van der Waals surface area contributed by atoms with Crippen molar-refractivity contribution in [2.24, 2.45) is 4.99 Å². The molecule has 1 heterocycles. The Kier molecular flexibility index (Phi) is 24.0. The lowest BCUT2D eigenvalue weighted by molar-refractivity contribution is -0.0923. The van der Waals surface area contributed by atoms with Crippen LogP contribution >= 0.6 is 0 Å². The lowest BCUT2D eigenvalue weighted by Crippen LogP contribution is -2.37. The van der Waals surface area contributed by atoms with Crippen LogP contribution in [0.5, 0.6) is 0 Å². The molecule has 1 aliphatic heterocycles. The van der Waals surface area contributed by atoms with Gasteiger partial charge in [0.05, 0.1) is 6.54 Å². The van der Waals surface area contributed by atoms with E-state index in [-0.39, 0.29) is 0 Å². The third kappa shape index (κ3) is 16.4. The summed E-state index contributed by atoms with van der Waals surface area (Å²) >= 11 is 0. The van der Waals surface area contributed by atoms with Crippen LogP contribution in [-0.4, -0.2) is 76.4 Å². The van der Waals surface area contributed by atoms with Crippen LogP contribution in [0.2, 0.25) is 0 Å². The number of aliphatic imine (C=N–C) groups is 1. The minimum absolute atomic E-state index is 0.399. The van der Waals surface area contributed by atoms with E-state index >= 15 is 0 Å². The van der Waals surface area contributed by atoms with Gasteiger partial charge in [0.15, 0.2) is 0 Å². The zero-order valence-corrected chi connectivity index (χ0v) is 28.0. The van der Waals surface area contributed by atoms with Crippen molar-refractivity contribution in [3.8, 4) is 0 Å². The molecule has 0 spiro atoms. The van der Waals surface area contributed by atoms with Gasteiger partial charge in [-0.15, -0.1) is 0 Å². The second kappa shape index (κ2) is 24.7. The number of methoxy groups -OCH3 is 1. The fraction of sp³-hybridized carbons (Fsp3) is 0.500. The highest BCUT2D eigenvalue weighted by atomic mass is 19.4. The minimum atomic E-state index is -4.50. The van der Waals surface area contributed by atoms with E-state index in [1.165, 1.54) is 6.92 Å². The summed E-state index contributed by atoms with van der Waals surface area (Å²) in [5, 5.41) is 10.4. The van der Waals surface area contributed by atoms with Crippen molar-refractivity contribution in [3.05, 3.63) is 77.6 Å². The third-order valence-electron chi connectivity index (χ3n) is 6.22. The van der Waals surface area contributed by atoms with Gasteiger partial charge >= 0.3 is 12.3 Å². The average Bonchev–Trinajstić information content (AvgIpc) is 3.38. The van der Waals surface area contributed by atoms with Crippen molar-refractivity contribution in [2.75, 3.05) is 45.9 Å². The standard InChI is InChI=1S/C29H36F3N3O3.C2H6O.C2H6.CH4O/c1-5-10-24(22(4)19-34-26(6-2)29(30,31)32)11-8-9-17-33-18-16-28(7-3)21-35(27(37)38-28)25-14-12-23(20-36)13-15-25;1-3-2;2*1-2/h6,8,10-15,19-20,33H,4-5,7,9,16-18,21H2,1-3H3;1-2H3;1-2H3;2H,1H3/b11-8-,24-10+,26-6-,34-19?;;;. The fourth-order valence-corrected chi connectivity index (χ4v) is 3.94. The van der Waals surface area contributed by atoms with Crippen LogP contribution in [0.4, 0.5) is 23.7 Å². The van der Waals surface area contributed by atoms with E-state index in [0.29, 0.717) is 62.1 Å². The Bertz CT molecular complexity index is 1110. The molecular weight excluding hydrogens is 587 g/mol. The molecule has 45 heavy (non-hydrogen) atoms. The van der Waals surface area contributed by atoms with Crippen LogP contribution in [0, 0.1) is 0 Å². The normalized spacial score (nSPS) is 16.7. The van der Waals surface area contributed by atoms with Crippen molar-refractivity contribution in [1.29, 1.82) is 0 Å². The number of hydrogen-bond donors (Lipinski definition) is 2. The molecule has 11 heteroatoms. The van der Waals surface area contributed by atoms with Crippen LogP contribution in [0.3, 0.4) is 0 Å². The van der Waals surface area contributed by atoms with Crippen molar-refractivity contribution < 1.29 is 37.3 Å². The molecule has 0 bridgehead atoms. The highest BCUT2D eigenvalue weighted by molar-refractivity contribution is 5.91. The Balaban J connectivity index is 0. The van der Waals surface area contributed by atoms with Crippen LogP contribution in [0.1, 0.15) is 70.7 Å². The summed E-state index contributed by atoms with van der Waals surface area (Å²) in [6.07, 6.45) is 6.29. The summed E-state index contributed by atoms with van der Waals surface area (Å²) < 4.78 is 48.6. The molecule has 1 aliphatic rings. The number of cyclic esters (lactones) is 1. The second-order valence-corrected chi connectivity index (χ2v) is 9.32. The van der Waals surface area contributed by atoms with Gasteiger partial charge in [0.25, 0.3) is 0 Å². The topological polar surface area (TPSA) is 100 Å². The van der Waals surface area contributed by atoms with Crippen molar-refractivity contribution in [2.45, 2.75) is 72.1 Å². The zero-order chi connectivity index (χ0) is 34.9. The molecule has 0 saturated carbocycles. The smallest absolute Gasteiger partial charge is 0.433 e. The predicted molar refractivity (Wildman–Crippen MR) is 178 cm³/mol. The Morgan fingerprint density at radius 2 is 1.78 bits per heavy atom. The molecule has 1 amide bonds. The van der Waals surface area contributed by atoms with Gasteiger partial charge in [-0.1, -0.05) is 58.6 Å². The monoisotopic (exact) mass is 639 g/mol. The summed E-state index contributed by atoms with van der Waals surface area (Å²) in [7, 11) is 4.25. The SMILES string of the molecule is C=C(C=N/C(=C\C)C(F)(F)F)C(/C=C\CCNCCC1(CC)CN(c2ccc(C=O)cc2)C(=O)O1)=C/CC.CC.CO.COC. The first-order valence-corrected chi connectivity index (χ1v) is 15.0. The minimum Gasteiger partial charge on any atom is -0.441 e. The number of aliphatic hydroxyl groups is 1. The van der Waals surface area contributed by atoms with Gasteiger partial charge in [0, 0.05) is 45.2 Å². The molecule has 1 aromatic rings. The number of carbonyl (C=O) groups excluding carboxylic acids is 2. The Hall–Kier alpha value is -3.54. The number of aliphatic hydroxyl groups excluding tert-OH is 1. The van der Waals surface area contributed by atoms with Crippen LogP contribution in [0.15, 0.2) is 77.0 Å². The third-order valence-corrected chi connectivity index (χ3v) is 6.22. The molecule has 1 atom stereocenters. The van der Waals surface area contributed by atoms with E-state index in [1.54, 1.807) is 43.4 Å². The number of alkyl halides is 3. The number of carbonyl (C=O) groups is 2. The molecule has 8 nitrogen and oxygen atoms in total. The summed E-state index contributed by atoms with van der Waals surface area (Å²) in [5.41, 5.74) is 0.798. The van der Waals surface area contributed by atoms with Crippen molar-refractivity contribution >= 4 is 24.3 Å². The maximum Gasteiger partial charge on any atom is 0.433 e. The number of aldehydes is 1. The molecule has 0 radical (unpaired) electrons. The number of nitrogens with one attached hydrogen (secondary N) is 1. The first-order chi connectivity index (χ1) is 21.5. The zero-order valence-electron chi connectivity index (χ0n) is 28.0. The van der Waals surface area contributed by atoms with Crippen LogP contribution in [-0.2, 0) is 9.47 Å². The molecule has 1 saturated heterocycles. The number of hydrogen-bond acceptors (Lipinski definition) is 7. The number of benzene rings is 1. The Morgan fingerprint density at radius 3 is 2.27 bits per heavy atom. The highest BCUT2D eigenvalue weighted by Gasteiger charge is 2.44. The summed E-state index contributed by atoms with van der Waals surface area (Å²) in [4.78, 5) is 28.5. The number of amides is 1. The van der Waals surface area contributed by atoms with E-state index < -0.39 is 23.6 Å². The summed E-state index contributed by atoms with van der Waals surface area (Å²) in [6.45, 7) is 14.8. The lowest BCUT2D eigenvalue weighted by atomic mass is 9.96. The predicted octanol–water partition coefficient (Wildman–Crippen LogP) is 7.86. The van der Waals surface area contributed by atoms with Crippen LogP contribution < -0.4 is 10.2 Å². The summed E-state index contributed by atoms with van der Waals surface area (Å²) in [6, 6.07) is 6.81. The molecule has 2 rings (SSSR count). The van der Waals surface area contributed by atoms with E-state index in [0.717, 1.165) is 31.3 Å². The van der Waals surface area contributed by atoms with Gasteiger partial charge < -0.3 is 19.9 Å². The van der Waals surface area contributed by atoms with Crippen molar-refractivity contribution in [1.82, 2.24) is 5.32 Å². The molecule has 1 unspecified atom stereocenters. The van der Waals surface area contributed by atoms with E-state index in [2.05, 4.69) is 21.6 Å². The number of allylic oxidation sites excluding steroid dienone is 6. The van der Waals surface area contributed by atoms with Gasteiger partial charge in [-0.05, 0) is 74.7 Å². The first-order valence-electron chi connectivity index (χ1n) is 15.0. The molecule has 1 fully saturated rings. The van der Waals surface area contributed by atoms with E-state index in [4.69, 9.17) is 9.84 Å². The Morgan fingerprint density at radius 1 is 1.18 bits per heavy atom. The maximum absolute atomic E-state index is 12.9. The number of halogens is 3. The quantitative estimate of drug-likeness (QED) is 0.0931. The largest absolute Gasteiger partial charge is 0.441 e. The maximum atomic E-state index is 12.9. The van der Waals surface area contributed by atoms with Crippen LogP contribution in [0.25, 0.3) is 0 Å². The van der Waals surface area contributed by atoms with Gasteiger partial charge in [0.2, 0.25) is 0 Å². The lowest BCUT2D eigenvalue weighted by Gasteiger charge is -2.25.